The number of aromatic nitrogens is 1. The van der Waals surface area contributed by atoms with Crippen molar-refractivity contribution in [3.63, 3.8) is 0 Å². The number of aromatic hydroxyl groups is 1. The topological polar surface area (TPSA) is 65.1 Å². The minimum Gasteiger partial charge on any atom is -0.507 e. The lowest BCUT2D eigenvalue weighted by Crippen LogP contribution is -2.12. The van der Waals surface area contributed by atoms with Gasteiger partial charge in [0, 0.05) is 16.5 Å². The minimum absolute atomic E-state index is 0.195. The lowest BCUT2D eigenvalue weighted by Gasteiger charge is -2.08. The Balaban J connectivity index is 1.72. The molecule has 4 nitrogen and oxygen atoms in total. The van der Waals surface area contributed by atoms with Gasteiger partial charge >= 0.3 is 0 Å². The van der Waals surface area contributed by atoms with Gasteiger partial charge in [-0.05, 0) is 29.6 Å². The van der Waals surface area contributed by atoms with Crippen LogP contribution in [0.4, 0.5) is 5.69 Å². The summed E-state index contributed by atoms with van der Waals surface area (Å²) in [4.78, 5) is 15.5. The molecule has 4 aromatic rings. The van der Waals surface area contributed by atoms with Crippen LogP contribution in [0.2, 0.25) is 0 Å². The van der Waals surface area contributed by atoms with Crippen LogP contribution in [0.1, 0.15) is 10.5 Å². The second-order valence-electron chi connectivity index (χ2n) is 5.01. The molecule has 0 spiro atoms. The van der Waals surface area contributed by atoms with E-state index in [9.17, 15) is 9.90 Å². The summed E-state index contributed by atoms with van der Waals surface area (Å²) in [5.41, 5.74) is 2.17. The van der Waals surface area contributed by atoms with Crippen LogP contribution in [0, 0.1) is 0 Å². The maximum Gasteiger partial charge on any atom is 0.272 e. The van der Waals surface area contributed by atoms with Gasteiger partial charge in [0.15, 0.2) is 0 Å². The molecule has 0 saturated heterocycles. The van der Waals surface area contributed by atoms with Gasteiger partial charge in [0.25, 0.3) is 5.91 Å². The summed E-state index contributed by atoms with van der Waals surface area (Å²) >= 11 is 1.59. The maximum absolute atomic E-state index is 12.4. The maximum atomic E-state index is 12.4. The zero-order chi connectivity index (χ0) is 15.1. The highest BCUT2D eigenvalue weighted by atomic mass is 32.1. The van der Waals surface area contributed by atoms with Crippen LogP contribution in [0.3, 0.4) is 0 Å². The van der Waals surface area contributed by atoms with Crippen LogP contribution < -0.4 is 5.32 Å². The number of thiophene rings is 1. The fourth-order valence-corrected chi connectivity index (χ4v) is 3.35. The molecular weight excluding hydrogens is 296 g/mol. The highest BCUT2D eigenvalue weighted by molar-refractivity contribution is 7.17. The van der Waals surface area contributed by atoms with E-state index in [4.69, 9.17) is 0 Å². The summed E-state index contributed by atoms with van der Waals surface area (Å²) in [6.45, 7) is 0. The van der Waals surface area contributed by atoms with E-state index in [2.05, 4.69) is 10.3 Å². The fourth-order valence-electron chi connectivity index (χ4n) is 2.56. The third kappa shape index (κ3) is 2.03. The first kappa shape index (κ1) is 12.9. The average Bonchev–Trinajstić information content (AvgIpc) is 3.09. The van der Waals surface area contributed by atoms with Crippen molar-refractivity contribution in [1.82, 2.24) is 4.98 Å². The molecule has 22 heavy (non-hydrogen) atoms. The Morgan fingerprint density at radius 3 is 2.77 bits per heavy atom. The van der Waals surface area contributed by atoms with Crippen molar-refractivity contribution in [2.45, 2.75) is 0 Å². The molecule has 3 N–H and O–H groups in total. The second-order valence-corrected chi connectivity index (χ2v) is 5.96. The minimum atomic E-state index is -0.195. The molecular formula is C17H12N2O2S. The molecule has 0 aliphatic heterocycles. The average molecular weight is 308 g/mol. The standard InChI is InChI=1S/C17H12N2O2S/c20-15-6-2-3-10-11(15)4-1-5-12(10)19-17(21)14-9-16-13(18-14)7-8-22-16/h1-9,18,20H,(H,19,21). The molecule has 2 heterocycles. The largest absolute Gasteiger partial charge is 0.507 e. The number of phenolic OH excluding ortho intramolecular Hbond substituents is 1. The number of phenols is 1. The lowest BCUT2D eigenvalue weighted by atomic mass is 10.1. The number of aromatic amines is 1. The smallest absolute Gasteiger partial charge is 0.272 e. The van der Waals surface area contributed by atoms with Gasteiger partial charge in [-0.2, -0.15) is 0 Å². The van der Waals surface area contributed by atoms with E-state index in [0.29, 0.717) is 16.8 Å². The molecule has 0 aliphatic carbocycles. The Morgan fingerprint density at radius 2 is 1.91 bits per heavy atom. The molecule has 0 unspecified atom stereocenters. The zero-order valence-electron chi connectivity index (χ0n) is 11.5. The van der Waals surface area contributed by atoms with Gasteiger partial charge in [0.1, 0.15) is 11.4 Å². The van der Waals surface area contributed by atoms with Gasteiger partial charge in [0.05, 0.1) is 10.2 Å². The molecule has 0 atom stereocenters. The van der Waals surface area contributed by atoms with E-state index in [1.54, 1.807) is 23.5 Å². The Morgan fingerprint density at radius 1 is 1.09 bits per heavy atom. The summed E-state index contributed by atoms with van der Waals surface area (Å²) in [6, 6.07) is 14.5. The molecule has 4 rings (SSSR count). The third-order valence-corrected chi connectivity index (χ3v) is 4.50. The van der Waals surface area contributed by atoms with Crippen LogP contribution >= 0.6 is 11.3 Å². The highest BCUT2D eigenvalue weighted by Crippen LogP contribution is 2.30. The first-order valence-electron chi connectivity index (χ1n) is 6.80. The van der Waals surface area contributed by atoms with Crippen molar-refractivity contribution in [2.24, 2.45) is 0 Å². The summed E-state index contributed by atoms with van der Waals surface area (Å²) in [5, 5.41) is 16.3. The quantitative estimate of drug-likeness (QED) is 0.516. The first-order chi connectivity index (χ1) is 10.7. The molecule has 2 aromatic heterocycles. The van der Waals surface area contributed by atoms with Gasteiger partial charge in [0.2, 0.25) is 0 Å². The van der Waals surface area contributed by atoms with Crippen LogP contribution in [0.5, 0.6) is 5.75 Å². The number of carbonyl (C=O) groups excluding carboxylic acids is 1. The second kappa shape index (κ2) is 4.89. The molecule has 0 aliphatic rings. The van der Waals surface area contributed by atoms with Crippen LogP contribution in [0.15, 0.2) is 53.9 Å². The molecule has 0 fully saturated rings. The van der Waals surface area contributed by atoms with Crippen molar-refractivity contribution in [3.05, 3.63) is 59.6 Å². The van der Waals surface area contributed by atoms with Gasteiger partial charge in [-0.25, -0.2) is 0 Å². The summed E-state index contributed by atoms with van der Waals surface area (Å²) in [5.74, 6) is 0.00762. The number of nitrogens with one attached hydrogen (secondary N) is 2. The first-order valence-corrected chi connectivity index (χ1v) is 7.68. The van der Waals surface area contributed by atoms with E-state index in [0.717, 1.165) is 15.6 Å². The number of hydrogen-bond donors (Lipinski definition) is 3. The Hall–Kier alpha value is -2.79. The van der Waals surface area contributed by atoms with Crippen LogP contribution in [-0.4, -0.2) is 16.0 Å². The molecule has 0 saturated carbocycles. The SMILES string of the molecule is O=C(Nc1cccc2c(O)cccc12)c1cc2sccc2[nH]1. The van der Waals surface area contributed by atoms with E-state index >= 15 is 0 Å². The van der Waals surface area contributed by atoms with Gasteiger partial charge in [-0.15, -0.1) is 11.3 Å². The number of amides is 1. The van der Waals surface area contributed by atoms with Gasteiger partial charge in [-0.3, -0.25) is 4.79 Å². The van der Waals surface area contributed by atoms with Crippen molar-refractivity contribution < 1.29 is 9.90 Å². The van der Waals surface area contributed by atoms with Crippen molar-refractivity contribution in [3.8, 4) is 5.75 Å². The van der Waals surface area contributed by atoms with Crippen molar-refractivity contribution >= 4 is 43.9 Å². The third-order valence-electron chi connectivity index (χ3n) is 3.63. The van der Waals surface area contributed by atoms with E-state index < -0.39 is 0 Å². The number of anilines is 1. The Kier molecular flexibility index (Phi) is 2.87. The number of benzene rings is 2. The molecule has 5 heteroatoms. The van der Waals surface area contributed by atoms with Crippen LogP contribution in [-0.2, 0) is 0 Å². The number of carbonyl (C=O) groups is 1. The van der Waals surface area contributed by atoms with Gasteiger partial charge in [-0.1, -0.05) is 24.3 Å². The van der Waals surface area contributed by atoms with E-state index in [-0.39, 0.29) is 11.7 Å². The van der Waals surface area contributed by atoms with Crippen LogP contribution in [0.25, 0.3) is 21.0 Å². The summed E-state index contributed by atoms with van der Waals surface area (Å²) in [6.07, 6.45) is 0. The van der Waals surface area contributed by atoms with Crippen molar-refractivity contribution in [1.29, 1.82) is 0 Å². The predicted molar refractivity (Wildman–Crippen MR) is 89.7 cm³/mol. The predicted octanol–water partition coefficient (Wildman–Crippen LogP) is 4.34. The number of H-pyrrole nitrogens is 1. The fraction of sp³-hybridized carbons (Fsp3) is 0. The van der Waals surface area contributed by atoms with E-state index in [1.807, 2.05) is 41.8 Å². The van der Waals surface area contributed by atoms with Crippen molar-refractivity contribution in [2.75, 3.05) is 5.32 Å². The molecule has 108 valence electrons. The molecule has 0 radical (unpaired) electrons. The van der Waals surface area contributed by atoms with E-state index in [1.165, 1.54) is 0 Å². The zero-order valence-corrected chi connectivity index (χ0v) is 12.3. The Labute approximate surface area is 130 Å². The molecule has 2 aromatic carbocycles. The molecule has 1 amide bonds. The van der Waals surface area contributed by atoms with Gasteiger partial charge < -0.3 is 15.4 Å². The summed E-state index contributed by atoms with van der Waals surface area (Å²) < 4.78 is 1.06. The lowest BCUT2D eigenvalue weighted by molar-refractivity contribution is 0.102. The Bertz CT molecular complexity index is 972. The summed E-state index contributed by atoms with van der Waals surface area (Å²) in [7, 11) is 0. The normalized spacial score (nSPS) is 11.1. The number of fused-ring (bicyclic) bond motifs is 2. The molecule has 0 bridgehead atoms. The monoisotopic (exact) mass is 308 g/mol. The number of hydrogen-bond acceptors (Lipinski definition) is 3. The highest BCUT2D eigenvalue weighted by Gasteiger charge is 2.12. The number of rotatable bonds is 2.